The van der Waals surface area contributed by atoms with Gasteiger partial charge in [-0.15, -0.1) is 0 Å². The molecule has 1 aliphatic rings. The lowest BCUT2D eigenvalue weighted by atomic mass is 9.85. The maximum Gasteiger partial charge on any atom is 0.328 e. The number of rotatable bonds is 14. The highest BCUT2D eigenvalue weighted by Crippen LogP contribution is 2.31. The summed E-state index contributed by atoms with van der Waals surface area (Å²) in [5, 5.41) is 2.92. The topological polar surface area (TPSA) is 73.9 Å². The van der Waals surface area contributed by atoms with Gasteiger partial charge in [0.25, 0.3) is 5.91 Å². The van der Waals surface area contributed by atoms with E-state index in [0.29, 0.717) is 31.1 Å². The Morgan fingerprint density at radius 3 is 2.44 bits per heavy atom. The summed E-state index contributed by atoms with van der Waals surface area (Å²) >= 11 is 1.63. The van der Waals surface area contributed by atoms with Gasteiger partial charge in [0, 0.05) is 5.56 Å². The van der Waals surface area contributed by atoms with E-state index in [9.17, 15) is 9.59 Å². The highest BCUT2D eigenvalue weighted by atomic mass is 32.2. The fraction of sp³-hybridized carbons (Fsp3) is 0.588. The Labute approximate surface area is 251 Å². The van der Waals surface area contributed by atoms with Crippen LogP contribution in [0.2, 0.25) is 0 Å². The second-order valence-electron chi connectivity index (χ2n) is 12.1. The number of methoxy groups -OCH3 is 1. The van der Waals surface area contributed by atoms with E-state index in [0.717, 1.165) is 34.4 Å². The second-order valence-corrected chi connectivity index (χ2v) is 13.1. The molecule has 2 atom stereocenters. The summed E-state index contributed by atoms with van der Waals surface area (Å²) in [5.74, 6) is 0.694. The van der Waals surface area contributed by atoms with Gasteiger partial charge in [0.15, 0.2) is 0 Å². The predicted molar refractivity (Wildman–Crippen MR) is 168 cm³/mol. The first-order valence-corrected chi connectivity index (χ1v) is 16.3. The number of carbonyl (C=O) groups is 2. The molecule has 0 bridgehead atoms. The van der Waals surface area contributed by atoms with Gasteiger partial charge in [-0.05, 0) is 92.8 Å². The van der Waals surface area contributed by atoms with Crippen molar-refractivity contribution in [1.82, 2.24) is 5.32 Å². The molecule has 1 N–H and O–H groups in total. The summed E-state index contributed by atoms with van der Waals surface area (Å²) in [7, 11) is 1.35. The molecule has 0 heterocycles. The zero-order chi connectivity index (χ0) is 29.8. The molecule has 1 aliphatic carbocycles. The largest absolute Gasteiger partial charge is 0.467 e. The predicted octanol–water partition coefficient (Wildman–Crippen LogP) is 7.36. The summed E-state index contributed by atoms with van der Waals surface area (Å²) < 4.78 is 17.6. The molecular weight excluding hydrogens is 534 g/mol. The van der Waals surface area contributed by atoms with Gasteiger partial charge in [0.2, 0.25) is 0 Å². The third-order valence-corrected chi connectivity index (χ3v) is 8.32. The van der Waals surface area contributed by atoms with E-state index < -0.39 is 12.0 Å². The fourth-order valence-electron chi connectivity index (χ4n) is 5.38. The molecule has 0 spiro atoms. The number of aryl methyl sites for hydroxylation is 1. The van der Waals surface area contributed by atoms with Gasteiger partial charge in [-0.2, -0.15) is 11.8 Å². The van der Waals surface area contributed by atoms with Crippen LogP contribution in [-0.4, -0.2) is 55.3 Å². The van der Waals surface area contributed by atoms with Crippen LogP contribution in [-0.2, 0) is 25.6 Å². The molecule has 0 aromatic heterocycles. The van der Waals surface area contributed by atoms with Crippen molar-refractivity contribution in [3.05, 3.63) is 59.2 Å². The number of hydrogen-bond acceptors (Lipinski definition) is 6. The Balaban J connectivity index is 1.84. The molecule has 226 valence electrons. The standard InChI is InChI=1S/C34H49NO5S/c1-24-12-10-11-15-28(24)30-21-26(16-17-29(30)32(36)35-31(18-19-41-6)33(37)38-5)22-39-27(23-40-34(2,3)4)20-25-13-8-7-9-14-25/h10-12,15-17,21,25,27,31H,7-9,13-14,18-20,22-23H2,1-6H3,(H,35,36)/t27-,31-/m0/s1. The third-order valence-electron chi connectivity index (χ3n) is 7.67. The summed E-state index contributed by atoms with van der Waals surface area (Å²) in [4.78, 5) is 25.9. The molecule has 1 saturated carbocycles. The molecule has 2 aromatic carbocycles. The van der Waals surface area contributed by atoms with Gasteiger partial charge in [0.05, 0.1) is 32.0 Å². The van der Waals surface area contributed by atoms with Gasteiger partial charge in [-0.1, -0.05) is 62.4 Å². The number of amides is 1. The molecule has 0 unspecified atom stereocenters. The Kier molecular flexibility index (Phi) is 13.2. The Morgan fingerprint density at radius 1 is 1.05 bits per heavy atom. The van der Waals surface area contributed by atoms with Crippen LogP contribution in [0.25, 0.3) is 11.1 Å². The van der Waals surface area contributed by atoms with Crippen molar-refractivity contribution in [2.24, 2.45) is 5.92 Å². The minimum absolute atomic E-state index is 0.0134. The first-order chi connectivity index (χ1) is 19.6. The molecule has 2 aromatic rings. The minimum atomic E-state index is -0.698. The number of carbonyl (C=O) groups excluding carboxylic acids is 2. The average molecular weight is 584 g/mol. The fourth-order valence-corrected chi connectivity index (χ4v) is 5.85. The van der Waals surface area contributed by atoms with E-state index in [2.05, 4.69) is 32.2 Å². The van der Waals surface area contributed by atoms with Crippen LogP contribution in [0.1, 0.15) is 87.2 Å². The number of benzene rings is 2. The molecule has 7 heteroatoms. The third kappa shape index (κ3) is 10.8. The second kappa shape index (κ2) is 16.3. The van der Waals surface area contributed by atoms with Crippen molar-refractivity contribution < 1.29 is 23.8 Å². The molecule has 0 aliphatic heterocycles. The van der Waals surface area contributed by atoms with Crippen molar-refractivity contribution in [2.45, 2.75) is 97.0 Å². The van der Waals surface area contributed by atoms with E-state index in [-0.39, 0.29) is 17.6 Å². The van der Waals surface area contributed by atoms with Crippen LogP contribution in [0.5, 0.6) is 0 Å². The first kappa shape index (κ1) is 33.2. The normalized spacial score (nSPS) is 15.8. The quantitative estimate of drug-likeness (QED) is 0.234. The molecule has 3 rings (SSSR count). The monoisotopic (exact) mass is 583 g/mol. The average Bonchev–Trinajstić information content (AvgIpc) is 2.96. The highest BCUT2D eigenvalue weighted by molar-refractivity contribution is 7.98. The molecule has 1 amide bonds. The van der Waals surface area contributed by atoms with Gasteiger partial charge in [-0.3, -0.25) is 4.79 Å². The van der Waals surface area contributed by atoms with E-state index in [1.807, 2.05) is 49.6 Å². The van der Waals surface area contributed by atoms with Crippen LogP contribution in [0.3, 0.4) is 0 Å². The lowest BCUT2D eigenvalue weighted by Crippen LogP contribution is -2.42. The van der Waals surface area contributed by atoms with Crippen molar-refractivity contribution in [3.63, 3.8) is 0 Å². The van der Waals surface area contributed by atoms with E-state index in [4.69, 9.17) is 14.2 Å². The molecule has 1 fully saturated rings. The summed E-state index contributed by atoms with van der Waals surface area (Å²) in [6.45, 7) is 9.28. The molecular formula is C34H49NO5S. The Bertz CT molecular complexity index is 1120. The van der Waals surface area contributed by atoms with Crippen molar-refractivity contribution in [1.29, 1.82) is 0 Å². The van der Waals surface area contributed by atoms with Gasteiger partial charge in [-0.25, -0.2) is 4.79 Å². The maximum atomic E-state index is 13.5. The summed E-state index contributed by atoms with van der Waals surface area (Å²) in [6, 6.07) is 13.2. The van der Waals surface area contributed by atoms with Crippen LogP contribution in [0, 0.1) is 12.8 Å². The Morgan fingerprint density at radius 2 is 1.78 bits per heavy atom. The zero-order valence-corrected chi connectivity index (χ0v) is 26.6. The first-order valence-electron chi connectivity index (χ1n) is 14.9. The molecule has 0 saturated heterocycles. The molecule has 0 radical (unpaired) electrons. The summed E-state index contributed by atoms with van der Waals surface area (Å²) in [5.41, 5.74) is 4.17. The highest BCUT2D eigenvalue weighted by Gasteiger charge is 2.25. The smallest absolute Gasteiger partial charge is 0.328 e. The summed E-state index contributed by atoms with van der Waals surface area (Å²) in [6.07, 6.45) is 9.96. The molecule has 41 heavy (non-hydrogen) atoms. The van der Waals surface area contributed by atoms with Crippen molar-refractivity contribution >= 4 is 23.6 Å². The Hall–Kier alpha value is -2.35. The minimum Gasteiger partial charge on any atom is -0.467 e. The van der Waals surface area contributed by atoms with E-state index in [1.165, 1.54) is 39.2 Å². The van der Waals surface area contributed by atoms with E-state index in [1.54, 1.807) is 11.8 Å². The number of esters is 1. The number of ether oxygens (including phenoxy) is 3. The van der Waals surface area contributed by atoms with Crippen LogP contribution >= 0.6 is 11.8 Å². The number of hydrogen-bond donors (Lipinski definition) is 1. The maximum absolute atomic E-state index is 13.5. The van der Waals surface area contributed by atoms with Gasteiger partial charge in [0.1, 0.15) is 6.04 Å². The lowest BCUT2D eigenvalue weighted by molar-refractivity contribution is -0.142. The van der Waals surface area contributed by atoms with Crippen LogP contribution in [0.15, 0.2) is 42.5 Å². The molecule has 6 nitrogen and oxygen atoms in total. The van der Waals surface area contributed by atoms with Crippen molar-refractivity contribution in [3.8, 4) is 11.1 Å². The lowest BCUT2D eigenvalue weighted by Gasteiger charge is -2.29. The van der Waals surface area contributed by atoms with Crippen LogP contribution < -0.4 is 5.32 Å². The van der Waals surface area contributed by atoms with Crippen LogP contribution in [0.4, 0.5) is 0 Å². The van der Waals surface area contributed by atoms with Gasteiger partial charge >= 0.3 is 5.97 Å². The number of thioether (sulfide) groups is 1. The number of nitrogens with one attached hydrogen (secondary N) is 1. The SMILES string of the molecule is COC(=O)[C@H](CCSC)NC(=O)c1ccc(CO[C@H](COC(C)(C)C)CC2CCCCC2)cc1-c1ccccc1C. The van der Waals surface area contributed by atoms with Gasteiger partial charge < -0.3 is 19.5 Å². The zero-order valence-electron chi connectivity index (χ0n) is 25.8. The van der Waals surface area contributed by atoms with E-state index >= 15 is 0 Å². The van der Waals surface area contributed by atoms with Crippen molar-refractivity contribution in [2.75, 3.05) is 25.7 Å².